The minimum absolute atomic E-state index is 0.434. The molecule has 9 heavy (non-hydrogen) atoms. The standard InChI is InChI=1S/C6H12N3/c1-2-4-9(7)5-3-8-6-9/h2,6H,1,3-5,7H2/q+1. The second kappa shape index (κ2) is 2.29. The molecule has 0 aliphatic carbocycles. The second-order valence-corrected chi connectivity index (χ2v) is 2.32. The van der Waals surface area contributed by atoms with Crippen molar-refractivity contribution in [3.05, 3.63) is 12.7 Å². The summed E-state index contributed by atoms with van der Waals surface area (Å²) in [7, 11) is 0. The number of aliphatic imine (C=N–C) groups is 1. The highest BCUT2D eigenvalue weighted by Crippen LogP contribution is 1.99. The number of hydrogen-bond donors (Lipinski definition) is 1. The van der Waals surface area contributed by atoms with Crippen molar-refractivity contribution in [3.63, 3.8) is 0 Å². The number of rotatable bonds is 2. The van der Waals surface area contributed by atoms with Crippen molar-refractivity contribution in [3.8, 4) is 0 Å². The maximum Gasteiger partial charge on any atom is 0.205 e. The predicted molar refractivity (Wildman–Crippen MR) is 37.7 cm³/mol. The Morgan fingerprint density at radius 3 is 3.11 bits per heavy atom. The Hall–Kier alpha value is -0.670. The van der Waals surface area contributed by atoms with E-state index in [-0.39, 0.29) is 0 Å². The lowest BCUT2D eigenvalue weighted by Gasteiger charge is -2.20. The molecule has 1 aliphatic rings. The van der Waals surface area contributed by atoms with Gasteiger partial charge >= 0.3 is 0 Å². The highest BCUT2D eigenvalue weighted by atomic mass is 15.6. The lowest BCUT2D eigenvalue weighted by atomic mass is 10.5. The molecule has 0 aromatic carbocycles. The van der Waals surface area contributed by atoms with Crippen LogP contribution in [0.25, 0.3) is 0 Å². The quantitative estimate of drug-likeness (QED) is 0.313. The minimum Gasteiger partial charge on any atom is -0.234 e. The van der Waals surface area contributed by atoms with Gasteiger partial charge in [0, 0.05) is 0 Å². The highest BCUT2D eigenvalue weighted by molar-refractivity contribution is 5.47. The summed E-state index contributed by atoms with van der Waals surface area (Å²) >= 11 is 0. The zero-order chi connectivity index (χ0) is 6.74. The molecule has 1 atom stereocenters. The van der Waals surface area contributed by atoms with Crippen LogP contribution in [0.5, 0.6) is 0 Å². The largest absolute Gasteiger partial charge is 0.234 e. The molecule has 3 heteroatoms. The van der Waals surface area contributed by atoms with Gasteiger partial charge in [-0.3, -0.25) is 0 Å². The van der Waals surface area contributed by atoms with Crippen LogP contribution < -0.4 is 5.84 Å². The van der Waals surface area contributed by atoms with Gasteiger partial charge in [-0.05, 0) is 6.08 Å². The van der Waals surface area contributed by atoms with E-state index in [1.54, 1.807) is 6.34 Å². The molecular weight excluding hydrogens is 114 g/mol. The Labute approximate surface area is 55.0 Å². The van der Waals surface area contributed by atoms with Gasteiger partial charge in [0.1, 0.15) is 13.1 Å². The molecule has 0 aromatic rings. The molecule has 50 valence electrons. The first kappa shape index (κ1) is 6.45. The van der Waals surface area contributed by atoms with Gasteiger partial charge in [-0.25, -0.2) is 9.58 Å². The van der Waals surface area contributed by atoms with Crippen molar-refractivity contribution in [1.82, 2.24) is 0 Å². The van der Waals surface area contributed by atoms with Crippen LogP contribution in [0.15, 0.2) is 17.6 Å². The van der Waals surface area contributed by atoms with E-state index in [1.807, 2.05) is 6.08 Å². The zero-order valence-corrected chi connectivity index (χ0v) is 5.45. The van der Waals surface area contributed by atoms with Crippen molar-refractivity contribution in [2.45, 2.75) is 0 Å². The van der Waals surface area contributed by atoms with Crippen molar-refractivity contribution in [1.29, 1.82) is 0 Å². The first-order valence-electron chi connectivity index (χ1n) is 3.04. The van der Waals surface area contributed by atoms with E-state index in [1.165, 1.54) is 0 Å². The molecule has 1 aliphatic heterocycles. The molecule has 0 fully saturated rings. The molecule has 0 saturated carbocycles. The molecule has 0 radical (unpaired) electrons. The average molecular weight is 126 g/mol. The lowest BCUT2D eigenvalue weighted by molar-refractivity contribution is -0.834. The zero-order valence-electron chi connectivity index (χ0n) is 5.45. The van der Waals surface area contributed by atoms with Gasteiger partial charge in [-0.2, -0.15) is 5.84 Å². The molecule has 0 spiro atoms. The van der Waals surface area contributed by atoms with Gasteiger partial charge in [0.2, 0.25) is 6.34 Å². The van der Waals surface area contributed by atoms with Crippen LogP contribution in [0.4, 0.5) is 0 Å². The van der Waals surface area contributed by atoms with E-state index >= 15 is 0 Å². The average Bonchev–Trinajstić information content (AvgIpc) is 2.16. The maximum atomic E-state index is 5.79. The Morgan fingerprint density at radius 1 is 1.89 bits per heavy atom. The second-order valence-electron chi connectivity index (χ2n) is 2.32. The normalized spacial score (nSPS) is 33.0. The summed E-state index contributed by atoms with van der Waals surface area (Å²) in [5.41, 5.74) is 0. The van der Waals surface area contributed by atoms with E-state index in [0.717, 1.165) is 19.6 Å². The Balaban J connectivity index is 2.51. The molecule has 0 amide bonds. The van der Waals surface area contributed by atoms with Gasteiger partial charge in [-0.15, -0.1) is 0 Å². The van der Waals surface area contributed by atoms with Gasteiger partial charge in [-0.1, -0.05) is 6.58 Å². The number of hydrogen-bond acceptors (Lipinski definition) is 2. The summed E-state index contributed by atoms with van der Waals surface area (Å²) in [6.45, 7) is 6.15. The van der Waals surface area contributed by atoms with E-state index in [9.17, 15) is 0 Å². The van der Waals surface area contributed by atoms with Crippen LogP contribution in [0.2, 0.25) is 0 Å². The summed E-state index contributed by atoms with van der Waals surface area (Å²) in [4.78, 5) is 4.03. The van der Waals surface area contributed by atoms with E-state index in [2.05, 4.69) is 11.6 Å². The predicted octanol–water partition coefficient (Wildman–Crippen LogP) is -0.0952. The van der Waals surface area contributed by atoms with Crippen LogP contribution in [-0.2, 0) is 0 Å². The van der Waals surface area contributed by atoms with Gasteiger partial charge in [0.25, 0.3) is 0 Å². The van der Waals surface area contributed by atoms with Crippen molar-refractivity contribution < 1.29 is 4.59 Å². The first-order valence-corrected chi connectivity index (χ1v) is 3.04. The molecule has 0 bridgehead atoms. The summed E-state index contributed by atoms with van der Waals surface area (Å²) in [5, 5.41) is 0. The topological polar surface area (TPSA) is 38.4 Å². The fourth-order valence-corrected chi connectivity index (χ4v) is 0.901. The summed E-state index contributed by atoms with van der Waals surface area (Å²) in [6, 6.07) is 0. The van der Waals surface area contributed by atoms with Gasteiger partial charge in [0.05, 0.1) is 6.54 Å². The number of nitrogens with two attached hydrogens (primary N) is 1. The third-order valence-corrected chi connectivity index (χ3v) is 1.43. The highest BCUT2D eigenvalue weighted by Gasteiger charge is 2.22. The molecule has 1 unspecified atom stereocenters. The van der Waals surface area contributed by atoms with Gasteiger partial charge in [0.15, 0.2) is 0 Å². The van der Waals surface area contributed by atoms with Crippen molar-refractivity contribution >= 4 is 6.34 Å². The Morgan fingerprint density at radius 2 is 2.67 bits per heavy atom. The smallest absolute Gasteiger partial charge is 0.205 e. The number of quaternary nitrogens is 1. The maximum absolute atomic E-state index is 5.79. The van der Waals surface area contributed by atoms with Crippen molar-refractivity contribution in [2.75, 3.05) is 19.6 Å². The van der Waals surface area contributed by atoms with Crippen LogP contribution >= 0.6 is 0 Å². The minimum atomic E-state index is 0.434. The van der Waals surface area contributed by atoms with Crippen LogP contribution in [0.1, 0.15) is 0 Å². The van der Waals surface area contributed by atoms with Crippen LogP contribution in [0, 0.1) is 0 Å². The van der Waals surface area contributed by atoms with E-state index in [0.29, 0.717) is 4.59 Å². The molecule has 2 N–H and O–H groups in total. The molecule has 1 heterocycles. The Kier molecular flexibility index (Phi) is 1.64. The van der Waals surface area contributed by atoms with E-state index < -0.39 is 0 Å². The van der Waals surface area contributed by atoms with Crippen LogP contribution in [-0.4, -0.2) is 30.6 Å². The van der Waals surface area contributed by atoms with Gasteiger partial charge < -0.3 is 0 Å². The first-order chi connectivity index (χ1) is 4.27. The SMILES string of the molecule is C=CC[N+]1(N)C=NCC1. The van der Waals surface area contributed by atoms with E-state index in [4.69, 9.17) is 5.84 Å². The Bertz CT molecular complexity index is 141. The third kappa shape index (κ3) is 1.37. The molecule has 0 saturated heterocycles. The molecule has 3 nitrogen and oxygen atoms in total. The monoisotopic (exact) mass is 126 g/mol. The van der Waals surface area contributed by atoms with Crippen molar-refractivity contribution in [2.24, 2.45) is 10.8 Å². The molecule has 0 aromatic heterocycles. The fraction of sp³-hybridized carbons (Fsp3) is 0.500. The summed E-state index contributed by atoms with van der Waals surface area (Å²) in [6.07, 6.45) is 3.60. The molecule has 1 rings (SSSR count). The third-order valence-electron chi connectivity index (χ3n) is 1.43. The van der Waals surface area contributed by atoms with Crippen LogP contribution in [0.3, 0.4) is 0 Å². The number of nitrogens with zero attached hydrogens (tertiary/aromatic N) is 2. The lowest BCUT2D eigenvalue weighted by Crippen LogP contribution is -2.51. The summed E-state index contributed by atoms with van der Waals surface area (Å²) in [5.74, 6) is 5.79. The fourth-order valence-electron chi connectivity index (χ4n) is 0.901. The molecular formula is C6H12N3+. The summed E-state index contributed by atoms with van der Waals surface area (Å²) < 4.78 is 0.434.